The highest BCUT2D eigenvalue weighted by atomic mass is 35.5. The zero-order valence-corrected chi connectivity index (χ0v) is 16.6. The lowest BCUT2D eigenvalue weighted by atomic mass is 9.80. The maximum atomic E-state index is 13.1. The number of hydrogen-bond acceptors (Lipinski definition) is 4. The van der Waals surface area contributed by atoms with E-state index in [1.807, 2.05) is 0 Å². The quantitative estimate of drug-likeness (QED) is 0.764. The first-order valence-corrected chi connectivity index (χ1v) is 8.75. The SMILES string of the molecule is CC(Oc1ccc(Cl)cc1Cl)C(=O)N1N=C(C(F)(F)F)CC1(O)C(C)(C)C. The number of aliphatic hydroxyl groups is 1. The Morgan fingerprint density at radius 1 is 1.33 bits per heavy atom. The van der Waals surface area contributed by atoms with Gasteiger partial charge in [0, 0.05) is 16.9 Å². The van der Waals surface area contributed by atoms with Gasteiger partial charge in [0.05, 0.1) is 5.02 Å². The number of carbonyl (C=O) groups is 1. The van der Waals surface area contributed by atoms with Crippen LogP contribution >= 0.6 is 23.2 Å². The summed E-state index contributed by atoms with van der Waals surface area (Å²) in [6.45, 7) is 5.88. The molecule has 1 N–H and O–H groups in total. The van der Waals surface area contributed by atoms with E-state index in [1.165, 1.54) is 45.9 Å². The van der Waals surface area contributed by atoms with Crippen LogP contribution < -0.4 is 4.74 Å². The molecule has 27 heavy (non-hydrogen) atoms. The molecule has 1 aromatic rings. The lowest BCUT2D eigenvalue weighted by molar-refractivity contribution is -0.187. The van der Waals surface area contributed by atoms with Crippen molar-refractivity contribution in [2.24, 2.45) is 10.5 Å². The molecule has 1 heterocycles. The van der Waals surface area contributed by atoms with E-state index in [9.17, 15) is 23.1 Å². The number of benzene rings is 1. The van der Waals surface area contributed by atoms with Crippen LogP contribution in [0, 0.1) is 5.41 Å². The van der Waals surface area contributed by atoms with E-state index >= 15 is 0 Å². The van der Waals surface area contributed by atoms with Crippen molar-refractivity contribution in [3.8, 4) is 5.75 Å². The van der Waals surface area contributed by atoms with Gasteiger partial charge in [-0.15, -0.1) is 0 Å². The fraction of sp³-hybridized carbons (Fsp3) is 0.529. The van der Waals surface area contributed by atoms with Crippen LogP contribution in [-0.4, -0.2) is 39.7 Å². The summed E-state index contributed by atoms with van der Waals surface area (Å²) in [6, 6.07) is 4.32. The zero-order chi connectivity index (χ0) is 20.8. The average molecular weight is 427 g/mol. The molecule has 0 saturated heterocycles. The van der Waals surface area contributed by atoms with Crippen LogP contribution in [0.1, 0.15) is 34.1 Å². The molecule has 150 valence electrons. The van der Waals surface area contributed by atoms with Crippen LogP contribution in [0.5, 0.6) is 5.75 Å². The van der Waals surface area contributed by atoms with Crippen LogP contribution in [-0.2, 0) is 4.79 Å². The Kier molecular flexibility index (Phi) is 5.76. The van der Waals surface area contributed by atoms with Gasteiger partial charge in [-0.25, -0.2) is 0 Å². The lowest BCUT2D eigenvalue weighted by Crippen LogP contribution is -2.57. The molecule has 2 rings (SSSR count). The molecular weight excluding hydrogens is 408 g/mol. The standard InChI is InChI=1S/C17H19Cl2F3N2O3/c1-9(27-12-6-5-10(18)7-11(12)19)14(25)24-16(26,15(2,3)4)8-13(23-24)17(20,21)22/h5-7,9,26H,8H2,1-4H3. The van der Waals surface area contributed by atoms with Gasteiger partial charge < -0.3 is 9.84 Å². The van der Waals surface area contributed by atoms with Crippen molar-refractivity contribution in [3.05, 3.63) is 28.2 Å². The van der Waals surface area contributed by atoms with Crippen molar-refractivity contribution < 1.29 is 27.8 Å². The van der Waals surface area contributed by atoms with Gasteiger partial charge in [0.1, 0.15) is 11.5 Å². The number of halogens is 5. The maximum Gasteiger partial charge on any atom is 0.431 e. The summed E-state index contributed by atoms with van der Waals surface area (Å²) in [6.07, 6.45) is -6.85. The molecule has 0 bridgehead atoms. The molecule has 1 amide bonds. The van der Waals surface area contributed by atoms with Crippen molar-refractivity contribution in [3.63, 3.8) is 0 Å². The molecule has 5 nitrogen and oxygen atoms in total. The number of alkyl halides is 3. The molecule has 0 spiro atoms. The fourth-order valence-electron chi connectivity index (χ4n) is 2.50. The molecule has 0 radical (unpaired) electrons. The van der Waals surface area contributed by atoms with Crippen LogP contribution in [0.2, 0.25) is 10.0 Å². The second kappa shape index (κ2) is 7.14. The van der Waals surface area contributed by atoms with E-state index in [0.29, 0.717) is 10.0 Å². The monoisotopic (exact) mass is 426 g/mol. The number of rotatable bonds is 3. The van der Waals surface area contributed by atoms with Gasteiger partial charge in [-0.1, -0.05) is 44.0 Å². The Labute approximate surface area is 164 Å². The van der Waals surface area contributed by atoms with Crippen molar-refractivity contribution in [1.82, 2.24) is 5.01 Å². The number of hydrazone groups is 1. The van der Waals surface area contributed by atoms with Crippen molar-refractivity contribution >= 4 is 34.8 Å². The van der Waals surface area contributed by atoms with Crippen molar-refractivity contribution in [2.45, 2.75) is 52.1 Å². The summed E-state index contributed by atoms with van der Waals surface area (Å²) >= 11 is 11.8. The smallest absolute Gasteiger partial charge is 0.431 e. The van der Waals surface area contributed by atoms with E-state index in [2.05, 4.69) is 5.10 Å². The van der Waals surface area contributed by atoms with E-state index in [-0.39, 0.29) is 10.8 Å². The Hall–Kier alpha value is -1.51. The topological polar surface area (TPSA) is 62.1 Å². The fourth-order valence-corrected chi connectivity index (χ4v) is 2.96. The first-order chi connectivity index (χ1) is 12.2. The average Bonchev–Trinajstić information content (AvgIpc) is 2.88. The number of carbonyl (C=O) groups excluding carboxylic acids is 1. The molecule has 2 unspecified atom stereocenters. The molecule has 0 aromatic heterocycles. The summed E-state index contributed by atoms with van der Waals surface area (Å²) in [5.41, 5.74) is -4.49. The van der Waals surface area contributed by atoms with Crippen molar-refractivity contribution in [2.75, 3.05) is 0 Å². The predicted octanol–water partition coefficient (Wildman–Crippen LogP) is 4.65. The van der Waals surface area contributed by atoms with Gasteiger partial charge in [0.25, 0.3) is 5.91 Å². The predicted molar refractivity (Wildman–Crippen MR) is 95.9 cm³/mol. The molecule has 10 heteroatoms. The van der Waals surface area contributed by atoms with E-state index < -0.39 is 41.5 Å². The Morgan fingerprint density at radius 2 is 1.93 bits per heavy atom. The van der Waals surface area contributed by atoms with Gasteiger partial charge in [-0.05, 0) is 25.1 Å². The summed E-state index contributed by atoms with van der Waals surface area (Å²) in [4.78, 5) is 12.8. The minimum absolute atomic E-state index is 0.125. The number of nitrogens with zero attached hydrogens (tertiary/aromatic N) is 2. The van der Waals surface area contributed by atoms with Gasteiger partial charge in [-0.3, -0.25) is 4.79 Å². The first kappa shape index (κ1) is 21.8. The third kappa shape index (κ3) is 4.33. The van der Waals surface area contributed by atoms with Crippen LogP contribution in [0.25, 0.3) is 0 Å². The molecule has 1 aliphatic heterocycles. The summed E-state index contributed by atoms with van der Waals surface area (Å²) < 4.78 is 44.8. The number of hydrogen-bond donors (Lipinski definition) is 1. The molecular formula is C17H19Cl2F3N2O3. The van der Waals surface area contributed by atoms with E-state index in [0.717, 1.165) is 0 Å². The number of ether oxygens (including phenoxy) is 1. The second-order valence-corrected chi connectivity index (χ2v) is 8.12. The largest absolute Gasteiger partial charge is 0.479 e. The minimum Gasteiger partial charge on any atom is -0.479 e. The third-order valence-electron chi connectivity index (χ3n) is 4.27. The zero-order valence-electron chi connectivity index (χ0n) is 15.1. The highest BCUT2D eigenvalue weighted by Crippen LogP contribution is 2.44. The van der Waals surface area contributed by atoms with Crippen LogP contribution in [0.4, 0.5) is 13.2 Å². The number of amides is 1. The molecule has 1 aliphatic rings. The lowest BCUT2D eigenvalue weighted by Gasteiger charge is -2.42. The minimum atomic E-state index is -4.77. The van der Waals surface area contributed by atoms with Crippen molar-refractivity contribution in [1.29, 1.82) is 0 Å². The van der Waals surface area contributed by atoms with E-state index in [4.69, 9.17) is 27.9 Å². The normalized spacial score (nSPS) is 21.9. The Morgan fingerprint density at radius 3 is 2.41 bits per heavy atom. The summed E-state index contributed by atoms with van der Waals surface area (Å²) in [5, 5.41) is 15.2. The van der Waals surface area contributed by atoms with Crippen LogP contribution in [0.3, 0.4) is 0 Å². The summed E-state index contributed by atoms with van der Waals surface area (Å²) in [5.74, 6) is -0.807. The van der Waals surface area contributed by atoms with Gasteiger partial charge in [0.15, 0.2) is 11.8 Å². The Balaban J connectivity index is 2.33. The molecule has 0 fully saturated rings. The Bertz CT molecular complexity index is 778. The highest BCUT2D eigenvalue weighted by Gasteiger charge is 2.58. The van der Waals surface area contributed by atoms with Crippen LogP contribution in [0.15, 0.2) is 23.3 Å². The maximum absolute atomic E-state index is 13.1. The second-order valence-electron chi connectivity index (χ2n) is 7.27. The van der Waals surface area contributed by atoms with Gasteiger partial charge in [-0.2, -0.15) is 23.3 Å². The molecule has 0 saturated carbocycles. The highest BCUT2D eigenvalue weighted by molar-refractivity contribution is 6.35. The summed E-state index contributed by atoms with van der Waals surface area (Å²) in [7, 11) is 0. The molecule has 0 aliphatic carbocycles. The molecule has 2 atom stereocenters. The van der Waals surface area contributed by atoms with Gasteiger partial charge in [0.2, 0.25) is 0 Å². The van der Waals surface area contributed by atoms with E-state index in [1.54, 1.807) is 0 Å². The first-order valence-electron chi connectivity index (χ1n) is 7.99. The third-order valence-corrected chi connectivity index (χ3v) is 4.80. The molecule has 1 aromatic carbocycles. The van der Waals surface area contributed by atoms with Gasteiger partial charge >= 0.3 is 6.18 Å².